The second-order valence-electron chi connectivity index (χ2n) is 1.83. The lowest BCUT2D eigenvalue weighted by molar-refractivity contribution is 0.863. The lowest BCUT2D eigenvalue weighted by Gasteiger charge is -2.11. The first kappa shape index (κ1) is 7.34. The molecular formula is C5H4BClN2O-. The summed E-state index contributed by atoms with van der Waals surface area (Å²) in [5.74, 6) is 0. The maximum Gasteiger partial charge on any atom is 0.251 e. The number of aromatic nitrogens is 2. The van der Waals surface area contributed by atoms with Crippen molar-refractivity contribution in [3.63, 3.8) is 0 Å². The quantitative estimate of drug-likeness (QED) is 0.363. The molecule has 0 atom stereocenters. The molecule has 10 heavy (non-hydrogen) atoms. The van der Waals surface area contributed by atoms with E-state index in [0.29, 0.717) is 0 Å². The fourth-order valence-electron chi connectivity index (χ4n) is 0.528. The van der Waals surface area contributed by atoms with Crippen LogP contribution in [0.2, 0.25) is 5.15 Å². The van der Waals surface area contributed by atoms with Gasteiger partial charge in [0.1, 0.15) is 5.15 Å². The van der Waals surface area contributed by atoms with E-state index in [2.05, 4.69) is 4.98 Å². The maximum atomic E-state index is 10.8. The number of hydrogen-bond donors (Lipinski definition) is 0. The monoisotopic (exact) mass is 154 g/mol. The van der Waals surface area contributed by atoms with Crippen LogP contribution in [0.25, 0.3) is 0 Å². The summed E-state index contributed by atoms with van der Waals surface area (Å²) in [5, 5.41) is 0.126. The summed E-state index contributed by atoms with van der Waals surface area (Å²) < 4.78 is 1.21. The van der Waals surface area contributed by atoms with E-state index < -0.39 is 0 Å². The van der Waals surface area contributed by atoms with Gasteiger partial charge in [-0.05, 0) is 0 Å². The van der Waals surface area contributed by atoms with Crippen LogP contribution in [-0.2, 0) is 7.05 Å². The Labute approximate surface area is 64.1 Å². The molecule has 0 fully saturated rings. The van der Waals surface area contributed by atoms with Crippen LogP contribution in [0.5, 0.6) is 0 Å². The van der Waals surface area contributed by atoms with Crippen LogP contribution < -0.4 is 11.3 Å². The lowest BCUT2D eigenvalue weighted by Crippen LogP contribution is -2.32. The summed E-state index contributed by atoms with van der Waals surface area (Å²) in [7, 11) is 6.82. The topological polar surface area (TPSA) is 34.9 Å². The highest BCUT2D eigenvalue weighted by atomic mass is 35.5. The lowest BCUT2D eigenvalue weighted by atomic mass is 10.1. The van der Waals surface area contributed by atoms with E-state index in [0.717, 1.165) is 0 Å². The molecule has 0 aliphatic carbocycles. The van der Waals surface area contributed by atoms with Crippen LogP contribution in [0.4, 0.5) is 0 Å². The molecule has 0 bridgehead atoms. The normalized spacial score (nSPS) is 9.90. The van der Waals surface area contributed by atoms with Crippen molar-refractivity contribution in [1.29, 1.82) is 0 Å². The fourth-order valence-corrected chi connectivity index (χ4v) is 0.708. The first-order valence-corrected chi connectivity index (χ1v) is 2.98. The standard InChI is InChI=1S/C5H4BClN2O/c1-9-4(10)2-3(7)8-5(9)6/h2H,1H3/q-1. The largest absolute Gasteiger partial charge is 0.528 e. The smallest absolute Gasteiger partial charge is 0.251 e. The van der Waals surface area contributed by atoms with E-state index in [-0.39, 0.29) is 16.4 Å². The Kier molecular flexibility index (Phi) is 1.81. The molecule has 1 aromatic rings. The zero-order valence-corrected chi connectivity index (χ0v) is 6.09. The molecule has 0 unspecified atom stereocenters. The Morgan fingerprint density at radius 2 is 2.40 bits per heavy atom. The highest BCUT2D eigenvalue weighted by Gasteiger charge is 1.90. The van der Waals surface area contributed by atoms with Crippen LogP contribution in [-0.4, -0.2) is 17.4 Å². The fraction of sp³-hybridized carbons (Fsp3) is 0.200. The minimum Gasteiger partial charge on any atom is -0.528 e. The Balaban J connectivity index is 3.46. The van der Waals surface area contributed by atoms with Crippen LogP contribution >= 0.6 is 11.6 Å². The number of hydrogen-bond acceptors (Lipinski definition) is 2. The molecule has 1 rings (SSSR count). The van der Waals surface area contributed by atoms with Gasteiger partial charge in [-0.1, -0.05) is 11.6 Å². The highest BCUT2D eigenvalue weighted by molar-refractivity contribution is 6.32. The van der Waals surface area contributed by atoms with E-state index in [9.17, 15) is 4.79 Å². The second-order valence-corrected chi connectivity index (χ2v) is 2.22. The minimum atomic E-state index is -0.252. The van der Waals surface area contributed by atoms with Crippen molar-refractivity contribution in [2.75, 3.05) is 0 Å². The van der Waals surface area contributed by atoms with Gasteiger partial charge in [0.15, 0.2) is 0 Å². The van der Waals surface area contributed by atoms with E-state index in [1.165, 1.54) is 17.7 Å². The van der Waals surface area contributed by atoms with Crippen LogP contribution in [0.15, 0.2) is 10.9 Å². The third-order valence-electron chi connectivity index (χ3n) is 1.14. The third kappa shape index (κ3) is 1.21. The predicted octanol–water partition coefficient (Wildman–Crippen LogP) is -0.773. The molecule has 0 saturated carbocycles. The molecule has 3 nitrogen and oxygen atoms in total. The highest BCUT2D eigenvalue weighted by Crippen LogP contribution is 1.93. The average molecular weight is 154 g/mol. The molecule has 0 saturated heterocycles. The van der Waals surface area contributed by atoms with Gasteiger partial charge in [-0.2, -0.15) is 5.72 Å². The average Bonchev–Trinajstić information content (AvgIpc) is 1.82. The molecule has 0 aromatic carbocycles. The maximum absolute atomic E-state index is 10.8. The van der Waals surface area contributed by atoms with Gasteiger partial charge in [0.2, 0.25) is 0 Å². The zero-order chi connectivity index (χ0) is 7.72. The molecule has 5 heteroatoms. The summed E-state index contributed by atoms with van der Waals surface area (Å²) in [5.41, 5.74) is -0.130. The number of nitrogens with zero attached hydrogens (tertiary/aromatic N) is 2. The molecule has 0 amide bonds. The van der Waals surface area contributed by atoms with E-state index >= 15 is 0 Å². The molecule has 1 aromatic heterocycles. The van der Waals surface area contributed by atoms with Gasteiger partial charge in [-0.25, -0.2) is 0 Å². The summed E-state index contributed by atoms with van der Waals surface area (Å²) in [4.78, 5) is 14.5. The summed E-state index contributed by atoms with van der Waals surface area (Å²) in [6.45, 7) is 0. The summed E-state index contributed by atoms with van der Waals surface area (Å²) in [6, 6.07) is 1.21. The van der Waals surface area contributed by atoms with Crippen molar-refractivity contribution in [1.82, 2.24) is 9.55 Å². The predicted molar refractivity (Wildman–Crippen MR) is 39.9 cm³/mol. The van der Waals surface area contributed by atoms with Gasteiger partial charge in [-0.15, -0.1) is 0 Å². The van der Waals surface area contributed by atoms with Gasteiger partial charge < -0.3 is 12.4 Å². The molecule has 1 heterocycles. The van der Waals surface area contributed by atoms with Crippen molar-refractivity contribution < 1.29 is 0 Å². The molecule has 51 valence electrons. The molecule has 0 spiro atoms. The van der Waals surface area contributed by atoms with Crippen molar-refractivity contribution in [2.24, 2.45) is 7.05 Å². The van der Waals surface area contributed by atoms with Gasteiger partial charge >= 0.3 is 0 Å². The Morgan fingerprint density at radius 1 is 1.80 bits per heavy atom. The SMILES string of the molecule is [B-]c1nc(Cl)cc(=O)n1C. The van der Waals surface area contributed by atoms with Gasteiger partial charge in [0.25, 0.3) is 5.56 Å². The van der Waals surface area contributed by atoms with Crippen LogP contribution in [0, 0.1) is 0 Å². The van der Waals surface area contributed by atoms with Crippen molar-refractivity contribution in [3.8, 4) is 0 Å². The second kappa shape index (κ2) is 2.46. The zero-order valence-electron chi connectivity index (χ0n) is 5.34. The number of rotatable bonds is 0. The minimum absolute atomic E-state index is 0.123. The third-order valence-corrected chi connectivity index (χ3v) is 1.33. The van der Waals surface area contributed by atoms with Crippen molar-refractivity contribution >= 4 is 25.2 Å². The van der Waals surface area contributed by atoms with E-state index in [1.807, 2.05) is 0 Å². The molecular weight excluding hydrogens is 150 g/mol. The molecule has 0 N–H and O–H groups in total. The van der Waals surface area contributed by atoms with E-state index in [1.54, 1.807) is 0 Å². The Morgan fingerprint density at radius 3 is 2.90 bits per heavy atom. The first-order chi connectivity index (χ1) is 4.61. The van der Waals surface area contributed by atoms with Gasteiger partial charge in [-0.3, -0.25) is 9.78 Å². The molecule has 3 radical (unpaired) electrons. The van der Waals surface area contributed by atoms with Crippen LogP contribution in [0.3, 0.4) is 0 Å². The van der Waals surface area contributed by atoms with E-state index in [4.69, 9.17) is 19.4 Å². The van der Waals surface area contributed by atoms with Crippen molar-refractivity contribution in [3.05, 3.63) is 21.6 Å². The Bertz CT molecular complexity index is 309. The number of halogens is 1. The Hall–Kier alpha value is -0.765. The summed E-state index contributed by atoms with van der Waals surface area (Å²) in [6.07, 6.45) is 0. The first-order valence-electron chi connectivity index (χ1n) is 2.60. The molecule has 0 aliphatic rings. The van der Waals surface area contributed by atoms with Gasteiger partial charge in [0.05, 0.1) is 0 Å². The van der Waals surface area contributed by atoms with Crippen molar-refractivity contribution in [2.45, 2.75) is 0 Å². The summed E-state index contributed by atoms with van der Waals surface area (Å²) >= 11 is 5.42. The van der Waals surface area contributed by atoms with Crippen LogP contribution in [0.1, 0.15) is 0 Å². The molecule has 0 aliphatic heterocycles. The van der Waals surface area contributed by atoms with Gasteiger partial charge in [0, 0.05) is 13.1 Å².